The SMILES string of the molecule is CC(C)NCCNC(=O)Nc1ccccc1C(=O)NCC1CCN(C(c2ccccc2)c2ccccc2)CC1. The minimum Gasteiger partial charge on any atom is -0.352 e. The fraction of sp³-hybridized carbons (Fsp3) is 0.375. The minimum absolute atomic E-state index is 0.166. The van der Waals surface area contributed by atoms with Gasteiger partial charge in [-0.1, -0.05) is 86.6 Å². The fourth-order valence-electron chi connectivity index (χ4n) is 5.13. The Morgan fingerprint density at radius 1 is 0.795 bits per heavy atom. The van der Waals surface area contributed by atoms with Crippen LogP contribution in [0.2, 0.25) is 0 Å². The molecule has 0 spiro atoms. The van der Waals surface area contributed by atoms with E-state index in [0.29, 0.717) is 42.8 Å². The third-order valence-electron chi connectivity index (χ3n) is 7.18. The lowest BCUT2D eigenvalue weighted by Gasteiger charge is -2.38. The molecular formula is C32H41N5O2. The number of carbonyl (C=O) groups is 2. The molecule has 0 aliphatic carbocycles. The summed E-state index contributed by atoms with van der Waals surface area (Å²) < 4.78 is 0. The van der Waals surface area contributed by atoms with Gasteiger partial charge < -0.3 is 21.3 Å². The van der Waals surface area contributed by atoms with E-state index in [-0.39, 0.29) is 18.0 Å². The highest BCUT2D eigenvalue weighted by Gasteiger charge is 2.27. The Kier molecular flexibility index (Phi) is 10.5. The number of hydrogen-bond acceptors (Lipinski definition) is 4. The van der Waals surface area contributed by atoms with Crippen molar-refractivity contribution in [2.45, 2.75) is 38.8 Å². The molecule has 0 bridgehead atoms. The average Bonchev–Trinajstić information content (AvgIpc) is 2.96. The smallest absolute Gasteiger partial charge is 0.319 e. The van der Waals surface area contributed by atoms with Crippen LogP contribution < -0.4 is 21.3 Å². The van der Waals surface area contributed by atoms with Crippen LogP contribution in [0.4, 0.5) is 10.5 Å². The Morgan fingerprint density at radius 3 is 2.00 bits per heavy atom. The van der Waals surface area contributed by atoms with Crippen LogP contribution in [0.1, 0.15) is 54.2 Å². The highest BCUT2D eigenvalue weighted by atomic mass is 16.2. The highest BCUT2D eigenvalue weighted by molar-refractivity contribution is 6.03. The monoisotopic (exact) mass is 527 g/mol. The first-order valence-electron chi connectivity index (χ1n) is 14.0. The number of anilines is 1. The van der Waals surface area contributed by atoms with E-state index in [1.54, 1.807) is 12.1 Å². The van der Waals surface area contributed by atoms with E-state index in [9.17, 15) is 9.59 Å². The summed E-state index contributed by atoms with van der Waals surface area (Å²) >= 11 is 0. The number of carbonyl (C=O) groups excluding carboxylic acids is 2. The second-order valence-electron chi connectivity index (χ2n) is 10.4. The minimum atomic E-state index is -0.320. The van der Waals surface area contributed by atoms with Gasteiger partial charge in [-0.3, -0.25) is 9.69 Å². The van der Waals surface area contributed by atoms with Crippen LogP contribution >= 0.6 is 0 Å². The van der Waals surface area contributed by atoms with Gasteiger partial charge in [-0.25, -0.2) is 4.79 Å². The normalized spacial score (nSPS) is 14.4. The average molecular weight is 528 g/mol. The van der Waals surface area contributed by atoms with Crippen molar-refractivity contribution in [3.63, 3.8) is 0 Å². The molecule has 1 heterocycles. The topological polar surface area (TPSA) is 85.5 Å². The van der Waals surface area contributed by atoms with Gasteiger partial charge in [-0.05, 0) is 55.1 Å². The molecule has 7 heteroatoms. The number of amides is 3. The van der Waals surface area contributed by atoms with Gasteiger partial charge in [0.25, 0.3) is 5.91 Å². The number of rotatable bonds is 11. The second-order valence-corrected chi connectivity index (χ2v) is 10.4. The molecule has 3 aromatic carbocycles. The zero-order valence-electron chi connectivity index (χ0n) is 23.0. The summed E-state index contributed by atoms with van der Waals surface area (Å²) in [4.78, 5) is 28.0. The van der Waals surface area contributed by atoms with Crippen LogP contribution in [0.25, 0.3) is 0 Å². The first-order valence-corrected chi connectivity index (χ1v) is 14.0. The number of benzene rings is 3. The zero-order chi connectivity index (χ0) is 27.5. The lowest BCUT2D eigenvalue weighted by Crippen LogP contribution is -2.41. The van der Waals surface area contributed by atoms with Crippen molar-refractivity contribution in [2.24, 2.45) is 5.92 Å². The van der Waals surface area contributed by atoms with Gasteiger partial charge in [0.15, 0.2) is 0 Å². The van der Waals surface area contributed by atoms with Crippen LogP contribution in [0.5, 0.6) is 0 Å². The summed E-state index contributed by atoms with van der Waals surface area (Å²) in [6.07, 6.45) is 2.03. The molecule has 3 aromatic rings. The largest absolute Gasteiger partial charge is 0.352 e. The molecule has 0 atom stereocenters. The van der Waals surface area contributed by atoms with Crippen molar-refractivity contribution in [3.05, 3.63) is 102 Å². The standard InChI is InChI=1S/C32H41N5O2/c1-24(2)33-19-20-34-32(39)36-29-16-10-9-15-28(29)31(38)35-23-25-17-21-37(22-18-25)30(26-11-5-3-6-12-26)27-13-7-4-8-14-27/h3-16,24-25,30,33H,17-23H2,1-2H3,(H,35,38)(H2,34,36,39). The van der Waals surface area contributed by atoms with Gasteiger partial charge >= 0.3 is 6.03 Å². The highest BCUT2D eigenvalue weighted by Crippen LogP contribution is 2.32. The van der Waals surface area contributed by atoms with Gasteiger partial charge in [0.1, 0.15) is 0 Å². The Bertz CT molecular complexity index is 1140. The van der Waals surface area contributed by atoms with E-state index >= 15 is 0 Å². The summed E-state index contributed by atoms with van der Waals surface area (Å²) in [5, 5.41) is 12.0. The molecule has 3 amide bonds. The van der Waals surface area contributed by atoms with E-state index in [0.717, 1.165) is 25.9 Å². The Labute approximate surface area is 232 Å². The van der Waals surface area contributed by atoms with Crippen LogP contribution in [-0.2, 0) is 0 Å². The number of likely N-dealkylation sites (tertiary alicyclic amines) is 1. The summed E-state index contributed by atoms with van der Waals surface area (Å²) in [7, 11) is 0. The van der Waals surface area contributed by atoms with Gasteiger partial charge in [0.05, 0.1) is 17.3 Å². The predicted octanol–water partition coefficient (Wildman–Crippen LogP) is 5.04. The quantitative estimate of drug-likeness (QED) is 0.263. The van der Waals surface area contributed by atoms with Gasteiger partial charge in [0.2, 0.25) is 0 Å². The number of urea groups is 1. The number of piperidine rings is 1. The molecule has 0 aromatic heterocycles. The Hall–Kier alpha value is -3.68. The fourth-order valence-corrected chi connectivity index (χ4v) is 5.13. The summed E-state index contributed by atoms with van der Waals surface area (Å²) in [5.74, 6) is 0.246. The molecule has 206 valence electrons. The molecule has 0 radical (unpaired) electrons. The van der Waals surface area contributed by atoms with Crippen molar-refractivity contribution in [3.8, 4) is 0 Å². The van der Waals surface area contributed by atoms with E-state index in [1.165, 1.54) is 11.1 Å². The van der Waals surface area contributed by atoms with Crippen LogP contribution in [0, 0.1) is 5.92 Å². The molecule has 4 N–H and O–H groups in total. The van der Waals surface area contributed by atoms with Crippen molar-refractivity contribution >= 4 is 17.6 Å². The molecule has 4 rings (SSSR count). The van der Waals surface area contributed by atoms with E-state index < -0.39 is 0 Å². The number of hydrogen-bond donors (Lipinski definition) is 4. The van der Waals surface area contributed by atoms with Crippen LogP contribution in [-0.4, -0.2) is 55.6 Å². The van der Waals surface area contributed by atoms with E-state index in [2.05, 4.69) is 101 Å². The van der Waals surface area contributed by atoms with Gasteiger partial charge in [-0.15, -0.1) is 0 Å². The molecular weight excluding hydrogens is 486 g/mol. The molecule has 0 unspecified atom stereocenters. The summed E-state index contributed by atoms with van der Waals surface area (Å²) in [6.45, 7) is 7.87. The summed E-state index contributed by atoms with van der Waals surface area (Å²) in [6, 6.07) is 28.8. The first kappa shape index (κ1) is 28.3. The first-order chi connectivity index (χ1) is 19.0. The maximum absolute atomic E-state index is 13.1. The van der Waals surface area contributed by atoms with Crippen LogP contribution in [0.15, 0.2) is 84.9 Å². The Morgan fingerprint density at radius 2 is 1.38 bits per heavy atom. The lowest BCUT2D eigenvalue weighted by molar-refractivity contribution is 0.0931. The van der Waals surface area contributed by atoms with E-state index in [1.807, 2.05) is 12.1 Å². The van der Waals surface area contributed by atoms with E-state index in [4.69, 9.17) is 0 Å². The van der Waals surface area contributed by atoms with Crippen LogP contribution in [0.3, 0.4) is 0 Å². The van der Waals surface area contributed by atoms with Gasteiger partial charge in [-0.2, -0.15) is 0 Å². The maximum atomic E-state index is 13.1. The lowest BCUT2D eigenvalue weighted by atomic mass is 9.91. The predicted molar refractivity (Wildman–Crippen MR) is 158 cm³/mol. The van der Waals surface area contributed by atoms with Crippen molar-refractivity contribution in [2.75, 3.05) is 38.0 Å². The number of nitrogens with zero attached hydrogens (tertiary/aromatic N) is 1. The van der Waals surface area contributed by atoms with Crippen molar-refractivity contribution in [1.29, 1.82) is 0 Å². The molecule has 1 fully saturated rings. The van der Waals surface area contributed by atoms with Gasteiger partial charge in [0, 0.05) is 25.7 Å². The van der Waals surface area contributed by atoms with Crippen molar-refractivity contribution in [1.82, 2.24) is 20.9 Å². The molecule has 7 nitrogen and oxygen atoms in total. The third-order valence-corrected chi connectivity index (χ3v) is 7.18. The molecule has 1 aliphatic rings. The zero-order valence-corrected chi connectivity index (χ0v) is 23.0. The Balaban J connectivity index is 1.29. The molecule has 39 heavy (non-hydrogen) atoms. The van der Waals surface area contributed by atoms with Crippen molar-refractivity contribution < 1.29 is 9.59 Å². The summed E-state index contributed by atoms with van der Waals surface area (Å²) in [5.41, 5.74) is 3.59. The number of nitrogens with one attached hydrogen (secondary N) is 4. The third kappa shape index (κ3) is 8.40. The molecule has 0 saturated carbocycles. The molecule has 1 aliphatic heterocycles. The molecule has 1 saturated heterocycles. The second kappa shape index (κ2) is 14.5. The maximum Gasteiger partial charge on any atom is 0.319 e. The number of para-hydroxylation sites is 1.